The zero-order valence-electron chi connectivity index (χ0n) is 10.8. The molecule has 3 rings (SSSR count). The number of aromatic nitrogens is 2. The van der Waals surface area contributed by atoms with Crippen molar-refractivity contribution in [3.05, 3.63) is 18.2 Å². The van der Waals surface area contributed by atoms with Crippen LogP contribution in [0.1, 0.15) is 36.9 Å². The monoisotopic (exact) mass is 248 g/mol. The third-order valence-corrected chi connectivity index (χ3v) is 4.15. The molecule has 0 saturated carbocycles. The largest absolute Gasteiger partial charge is 0.344 e. The SMILES string of the molecule is CN1CCC(n2cncc2C2CCCNC2)C1=O. The highest BCUT2D eigenvalue weighted by molar-refractivity contribution is 5.82. The van der Waals surface area contributed by atoms with Gasteiger partial charge in [-0.05, 0) is 25.8 Å². The van der Waals surface area contributed by atoms with Crippen LogP contribution in [0.15, 0.2) is 12.5 Å². The van der Waals surface area contributed by atoms with Crippen LogP contribution in [0.3, 0.4) is 0 Å². The second kappa shape index (κ2) is 4.72. The summed E-state index contributed by atoms with van der Waals surface area (Å²) in [6.07, 6.45) is 7.05. The zero-order valence-corrected chi connectivity index (χ0v) is 10.8. The van der Waals surface area contributed by atoms with Crippen molar-refractivity contribution in [2.45, 2.75) is 31.2 Å². The molecular weight excluding hydrogens is 228 g/mol. The fourth-order valence-corrected chi connectivity index (χ4v) is 3.06. The van der Waals surface area contributed by atoms with Crippen LogP contribution < -0.4 is 5.32 Å². The summed E-state index contributed by atoms with van der Waals surface area (Å²) in [5.74, 6) is 0.720. The van der Waals surface area contributed by atoms with Gasteiger partial charge in [-0.15, -0.1) is 0 Å². The first-order chi connectivity index (χ1) is 8.77. The Bertz CT molecular complexity index is 436. The lowest BCUT2D eigenvalue weighted by atomic mass is 9.96. The molecule has 0 spiro atoms. The van der Waals surface area contributed by atoms with Gasteiger partial charge in [0.05, 0.1) is 6.33 Å². The number of piperidine rings is 1. The number of carbonyl (C=O) groups excluding carboxylic acids is 1. The maximum atomic E-state index is 12.1. The average molecular weight is 248 g/mol. The minimum Gasteiger partial charge on any atom is -0.344 e. The molecule has 2 aliphatic heterocycles. The Morgan fingerprint density at radius 3 is 3.00 bits per heavy atom. The second-order valence-electron chi connectivity index (χ2n) is 5.33. The molecule has 0 bridgehead atoms. The third-order valence-electron chi connectivity index (χ3n) is 4.15. The molecular formula is C13H20N4O. The van der Waals surface area contributed by atoms with E-state index in [4.69, 9.17) is 0 Å². The predicted octanol–water partition coefficient (Wildman–Crippen LogP) is 0.753. The van der Waals surface area contributed by atoms with Crippen molar-refractivity contribution in [3.63, 3.8) is 0 Å². The quantitative estimate of drug-likeness (QED) is 0.840. The van der Waals surface area contributed by atoms with E-state index in [1.807, 2.05) is 24.5 Å². The van der Waals surface area contributed by atoms with E-state index >= 15 is 0 Å². The van der Waals surface area contributed by atoms with Crippen molar-refractivity contribution in [1.82, 2.24) is 19.8 Å². The van der Waals surface area contributed by atoms with Crippen LogP contribution in [0, 0.1) is 0 Å². The fourth-order valence-electron chi connectivity index (χ4n) is 3.06. The van der Waals surface area contributed by atoms with Gasteiger partial charge in [0, 0.05) is 37.9 Å². The van der Waals surface area contributed by atoms with Crippen molar-refractivity contribution in [2.75, 3.05) is 26.7 Å². The summed E-state index contributed by atoms with van der Waals surface area (Å²) >= 11 is 0. The Morgan fingerprint density at radius 2 is 2.33 bits per heavy atom. The van der Waals surface area contributed by atoms with Gasteiger partial charge in [-0.2, -0.15) is 0 Å². The number of hydrogen-bond acceptors (Lipinski definition) is 3. The van der Waals surface area contributed by atoms with Crippen LogP contribution >= 0.6 is 0 Å². The minimum absolute atomic E-state index is 0.0329. The highest BCUT2D eigenvalue weighted by Gasteiger charge is 2.32. The number of hydrogen-bond donors (Lipinski definition) is 1. The molecule has 5 heteroatoms. The number of likely N-dealkylation sites (N-methyl/N-ethyl adjacent to an activating group) is 1. The van der Waals surface area contributed by atoms with Gasteiger partial charge in [0.1, 0.15) is 6.04 Å². The van der Waals surface area contributed by atoms with Crippen molar-refractivity contribution >= 4 is 5.91 Å². The van der Waals surface area contributed by atoms with Crippen molar-refractivity contribution in [1.29, 1.82) is 0 Å². The molecule has 0 radical (unpaired) electrons. The first-order valence-corrected chi connectivity index (χ1v) is 6.75. The van der Waals surface area contributed by atoms with Crippen molar-refractivity contribution < 1.29 is 4.79 Å². The van der Waals surface area contributed by atoms with Gasteiger partial charge in [-0.1, -0.05) is 0 Å². The molecule has 1 amide bonds. The molecule has 2 saturated heterocycles. The van der Waals surface area contributed by atoms with Gasteiger partial charge in [0.25, 0.3) is 0 Å². The molecule has 0 aliphatic carbocycles. The van der Waals surface area contributed by atoms with Crippen molar-refractivity contribution in [2.24, 2.45) is 0 Å². The smallest absolute Gasteiger partial charge is 0.245 e. The molecule has 1 N–H and O–H groups in total. The van der Waals surface area contributed by atoms with Crippen LogP contribution in [-0.4, -0.2) is 47.0 Å². The number of rotatable bonds is 2. The molecule has 0 aromatic carbocycles. The van der Waals surface area contributed by atoms with Crippen LogP contribution in [0.25, 0.3) is 0 Å². The van der Waals surface area contributed by atoms with Gasteiger partial charge in [-0.25, -0.2) is 4.98 Å². The second-order valence-corrected chi connectivity index (χ2v) is 5.33. The van der Waals surface area contributed by atoms with E-state index in [0.717, 1.165) is 26.1 Å². The lowest BCUT2D eigenvalue weighted by Crippen LogP contribution is -2.31. The van der Waals surface area contributed by atoms with Gasteiger partial charge in [0.2, 0.25) is 5.91 Å². The Balaban J connectivity index is 1.85. The van der Waals surface area contributed by atoms with E-state index in [-0.39, 0.29) is 11.9 Å². The molecule has 98 valence electrons. The van der Waals surface area contributed by atoms with Gasteiger partial charge >= 0.3 is 0 Å². The molecule has 3 heterocycles. The standard InChI is InChI=1S/C13H20N4O/c1-16-6-4-11(13(16)18)17-9-15-8-12(17)10-3-2-5-14-7-10/h8-11,14H,2-7H2,1H3. The molecule has 1 aromatic heterocycles. The normalized spacial score (nSPS) is 28.9. The van der Waals surface area contributed by atoms with Crippen LogP contribution in [0.5, 0.6) is 0 Å². The highest BCUT2D eigenvalue weighted by Crippen LogP contribution is 2.29. The number of amides is 1. The molecule has 1 aromatic rings. The Hall–Kier alpha value is -1.36. The predicted molar refractivity (Wildman–Crippen MR) is 68.4 cm³/mol. The fraction of sp³-hybridized carbons (Fsp3) is 0.692. The molecule has 2 unspecified atom stereocenters. The maximum Gasteiger partial charge on any atom is 0.245 e. The molecule has 18 heavy (non-hydrogen) atoms. The van der Waals surface area contributed by atoms with Gasteiger partial charge in [-0.3, -0.25) is 4.79 Å². The Morgan fingerprint density at radius 1 is 1.44 bits per heavy atom. The number of nitrogens with one attached hydrogen (secondary N) is 1. The van der Waals surface area contributed by atoms with Crippen LogP contribution in [-0.2, 0) is 4.79 Å². The lowest BCUT2D eigenvalue weighted by molar-refractivity contribution is -0.129. The summed E-state index contributed by atoms with van der Waals surface area (Å²) in [6, 6.07) is -0.0329. The van der Waals surface area contributed by atoms with E-state index in [1.54, 1.807) is 0 Å². The third kappa shape index (κ3) is 1.92. The van der Waals surface area contributed by atoms with E-state index in [0.29, 0.717) is 5.92 Å². The van der Waals surface area contributed by atoms with E-state index in [2.05, 4.69) is 14.9 Å². The summed E-state index contributed by atoms with van der Waals surface area (Å²) < 4.78 is 2.10. The molecule has 2 fully saturated rings. The number of nitrogens with zero attached hydrogens (tertiary/aromatic N) is 3. The molecule has 2 atom stereocenters. The van der Waals surface area contributed by atoms with E-state index in [1.165, 1.54) is 18.5 Å². The summed E-state index contributed by atoms with van der Waals surface area (Å²) in [4.78, 5) is 18.2. The van der Waals surface area contributed by atoms with Crippen LogP contribution in [0.4, 0.5) is 0 Å². The molecule has 2 aliphatic rings. The van der Waals surface area contributed by atoms with E-state index < -0.39 is 0 Å². The number of imidazole rings is 1. The summed E-state index contributed by atoms with van der Waals surface area (Å²) in [5.41, 5.74) is 1.22. The zero-order chi connectivity index (χ0) is 12.5. The number of likely N-dealkylation sites (tertiary alicyclic amines) is 1. The highest BCUT2D eigenvalue weighted by atomic mass is 16.2. The van der Waals surface area contributed by atoms with Crippen molar-refractivity contribution in [3.8, 4) is 0 Å². The summed E-state index contributed by atoms with van der Waals surface area (Å²) in [5, 5.41) is 3.42. The first kappa shape index (κ1) is 11.7. The topological polar surface area (TPSA) is 50.2 Å². The van der Waals surface area contributed by atoms with Gasteiger partial charge < -0.3 is 14.8 Å². The lowest BCUT2D eigenvalue weighted by Gasteiger charge is -2.25. The summed E-state index contributed by atoms with van der Waals surface area (Å²) in [7, 11) is 1.88. The Labute approximate surface area is 107 Å². The summed E-state index contributed by atoms with van der Waals surface area (Å²) in [6.45, 7) is 2.96. The average Bonchev–Trinajstić information content (AvgIpc) is 2.99. The minimum atomic E-state index is -0.0329. The maximum absolute atomic E-state index is 12.1. The first-order valence-electron chi connectivity index (χ1n) is 6.75. The Kier molecular flexibility index (Phi) is 3.07. The van der Waals surface area contributed by atoms with E-state index in [9.17, 15) is 4.79 Å². The molecule has 5 nitrogen and oxygen atoms in total. The van der Waals surface area contributed by atoms with Crippen LogP contribution in [0.2, 0.25) is 0 Å². The van der Waals surface area contributed by atoms with Gasteiger partial charge in [0.15, 0.2) is 0 Å². The number of carbonyl (C=O) groups is 1.